The van der Waals surface area contributed by atoms with Crippen LogP contribution in [0, 0.1) is 0 Å². The van der Waals surface area contributed by atoms with E-state index in [-0.39, 0.29) is 5.91 Å². The van der Waals surface area contributed by atoms with Crippen LogP contribution in [0.1, 0.15) is 16.8 Å². The Balaban J connectivity index is 1.40. The molecule has 1 aliphatic heterocycles. The van der Waals surface area contributed by atoms with E-state index in [2.05, 4.69) is 20.5 Å². The zero-order chi connectivity index (χ0) is 19.9. The molecule has 0 bridgehead atoms. The molecule has 6 nitrogen and oxygen atoms in total. The van der Waals surface area contributed by atoms with Gasteiger partial charge in [0.1, 0.15) is 0 Å². The Bertz CT molecular complexity index is 933. The highest BCUT2D eigenvalue weighted by Crippen LogP contribution is 2.28. The lowest BCUT2D eigenvalue weighted by Gasteiger charge is -2.27. The topological polar surface area (TPSA) is 70.4 Å². The molecule has 1 aromatic heterocycles. The number of nitrogens with one attached hydrogen (secondary N) is 2. The lowest BCUT2D eigenvalue weighted by Crippen LogP contribution is -2.44. The quantitative estimate of drug-likeness (QED) is 0.607. The van der Waals surface area contributed by atoms with Gasteiger partial charge in [-0.1, -0.05) is 42.5 Å². The number of rotatable bonds is 7. The van der Waals surface area contributed by atoms with Gasteiger partial charge in [0.15, 0.2) is 5.76 Å². The number of carbonyl (C=O) groups is 1. The molecule has 4 rings (SSSR count). The van der Waals surface area contributed by atoms with Gasteiger partial charge in [-0.15, -0.1) is 0 Å². The third kappa shape index (κ3) is 4.91. The molecule has 2 aromatic carbocycles. The predicted molar refractivity (Wildman–Crippen MR) is 114 cm³/mol. The summed E-state index contributed by atoms with van der Waals surface area (Å²) in [5.74, 6) is 1.04. The maximum Gasteiger partial charge on any atom is 0.252 e. The number of nitrogens with zero attached hydrogens (tertiary/aromatic N) is 2. The zero-order valence-electron chi connectivity index (χ0n) is 16.4. The van der Waals surface area contributed by atoms with Crippen LogP contribution in [0.4, 0.5) is 0 Å². The molecule has 150 valence electrons. The summed E-state index contributed by atoms with van der Waals surface area (Å²) in [6.07, 6.45) is 2.64. The first-order chi connectivity index (χ1) is 14.3. The molecule has 0 atom stereocenters. The first-order valence-corrected chi connectivity index (χ1v) is 10.1. The van der Waals surface area contributed by atoms with Gasteiger partial charge in [0.25, 0.3) is 5.91 Å². The molecule has 1 aliphatic rings. The molecule has 0 aliphatic carbocycles. The second-order valence-electron chi connectivity index (χ2n) is 7.14. The molecule has 1 saturated heterocycles. The molecule has 1 fully saturated rings. The highest BCUT2D eigenvalue weighted by molar-refractivity contribution is 6.00. The van der Waals surface area contributed by atoms with E-state index >= 15 is 0 Å². The maximum absolute atomic E-state index is 12.8. The number of amides is 1. The Morgan fingerprint density at radius 1 is 1.07 bits per heavy atom. The first-order valence-electron chi connectivity index (χ1n) is 10.1. The predicted octanol–water partition coefficient (Wildman–Crippen LogP) is 3.03. The molecule has 0 saturated carbocycles. The third-order valence-electron chi connectivity index (χ3n) is 5.11. The van der Waals surface area contributed by atoms with Crippen molar-refractivity contribution in [1.82, 2.24) is 20.5 Å². The molecule has 6 heteroatoms. The number of benzene rings is 2. The Hall–Kier alpha value is -2.96. The summed E-state index contributed by atoms with van der Waals surface area (Å²) in [7, 11) is 0. The van der Waals surface area contributed by atoms with Crippen molar-refractivity contribution in [2.24, 2.45) is 0 Å². The van der Waals surface area contributed by atoms with E-state index in [0.29, 0.717) is 29.3 Å². The van der Waals surface area contributed by atoms with E-state index in [4.69, 9.17) is 4.42 Å². The highest BCUT2D eigenvalue weighted by atomic mass is 16.4. The summed E-state index contributed by atoms with van der Waals surface area (Å²) in [4.78, 5) is 19.6. The second-order valence-corrected chi connectivity index (χ2v) is 7.14. The average Bonchev–Trinajstić information content (AvgIpc) is 3.28. The van der Waals surface area contributed by atoms with E-state index in [1.165, 1.54) is 0 Å². The Labute approximate surface area is 170 Å². The van der Waals surface area contributed by atoms with Crippen molar-refractivity contribution in [3.63, 3.8) is 0 Å². The molecule has 0 unspecified atom stereocenters. The van der Waals surface area contributed by atoms with Gasteiger partial charge in [0, 0.05) is 43.9 Å². The smallest absolute Gasteiger partial charge is 0.252 e. The molecule has 0 radical (unpaired) electrons. The minimum absolute atomic E-state index is 0.0969. The van der Waals surface area contributed by atoms with Gasteiger partial charge in [-0.25, -0.2) is 4.98 Å². The number of hydrogen-bond acceptors (Lipinski definition) is 5. The minimum atomic E-state index is -0.0969. The fourth-order valence-electron chi connectivity index (χ4n) is 3.54. The number of carbonyl (C=O) groups excluding carboxylic acids is 1. The molecule has 2 N–H and O–H groups in total. The summed E-state index contributed by atoms with van der Waals surface area (Å²) >= 11 is 0. The highest BCUT2D eigenvalue weighted by Gasteiger charge is 2.17. The van der Waals surface area contributed by atoms with Crippen LogP contribution < -0.4 is 10.6 Å². The minimum Gasteiger partial charge on any atom is -0.436 e. The molecular formula is C23H26N4O2. The number of oxazole rings is 1. The largest absolute Gasteiger partial charge is 0.436 e. The summed E-state index contributed by atoms with van der Waals surface area (Å²) < 4.78 is 5.95. The standard InChI is InChI=1S/C23H26N4O2/c28-22(25-11-6-14-27-15-12-24-13-16-27)19-9-4-5-10-20(19)23-26-17-21(29-23)18-7-2-1-3-8-18/h1-5,7-10,17,24H,6,11-16H2,(H,25,28). The molecule has 2 heterocycles. The molecule has 3 aromatic rings. The molecule has 0 spiro atoms. The van der Waals surface area contributed by atoms with Gasteiger partial charge in [-0.05, 0) is 25.1 Å². The fraction of sp³-hybridized carbons (Fsp3) is 0.304. The number of hydrogen-bond donors (Lipinski definition) is 2. The summed E-state index contributed by atoms with van der Waals surface area (Å²) in [6, 6.07) is 17.3. The SMILES string of the molecule is O=C(NCCCN1CCNCC1)c1ccccc1-c1ncc(-c2ccccc2)o1. The van der Waals surface area contributed by atoms with Crippen molar-refractivity contribution in [2.45, 2.75) is 6.42 Å². The van der Waals surface area contributed by atoms with Gasteiger partial charge in [-0.3, -0.25) is 4.79 Å². The summed E-state index contributed by atoms with van der Waals surface area (Å²) in [5.41, 5.74) is 2.24. The Morgan fingerprint density at radius 2 is 1.83 bits per heavy atom. The van der Waals surface area contributed by atoms with Crippen molar-refractivity contribution >= 4 is 5.91 Å². The van der Waals surface area contributed by atoms with Gasteiger partial charge in [-0.2, -0.15) is 0 Å². The first kappa shape index (κ1) is 19.4. The lowest BCUT2D eigenvalue weighted by atomic mass is 10.1. The number of aromatic nitrogens is 1. The van der Waals surface area contributed by atoms with E-state index in [9.17, 15) is 4.79 Å². The molecular weight excluding hydrogens is 364 g/mol. The van der Waals surface area contributed by atoms with Crippen molar-refractivity contribution in [3.05, 3.63) is 66.4 Å². The van der Waals surface area contributed by atoms with Crippen molar-refractivity contribution in [2.75, 3.05) is 39.3 Å². The normalized spacial score (nSPS) is 14.6. The van der Waals surface area contributed by atoms with Crippen LogP contribution in [0.25, 0.3) is 22.8 Å². The van der Waals surface area contributed by atoms with Crippen LogP contribution in [-0.4, -0.2) is 55.1 Å². The maximum atomic E-state index is 12.8. The second kappa shape index (κ2) is 9.49. The fourth-order valence-corrected chi connectivity index (χ4v) is 3.54. The van der Waals surface area contributed by atoms with Crippen LogP contribution in [0.5, 0.6) is 0 Å². The van der Waals surface area contributed by atoms with E-state index in [0.717, 1.165) is 44.7 Å². The zero-order valence-corrected chi connectivity index (χ0v) is 16.4. The van der Waals surface area contributed by atoms with Crippen LogP contribution in [-0.2, 0) is 0 Å². The van der Waals surface area contributed by atoms with Crippen LogP contribution in [0.3, 0.4) is 0 Å². The Morgan fingerprint density at radius 3 is 2.66 bits per heavy atom. The number of piperazine rings is 1. The van der Waals surface area contributed by atoms with Crippen molar-refractivity contribution < 1.29 is 9.21 Å². The third-order valence-corrected chi connectivity index (χ3v) is 5.11. The van der Waals surface area contributed by atoms with Crippen molar-refractivity contribution in [3.8, 4) is 22.8 Å². The van der Waals surface area contributed by atoms with E-state index < -0.39 is 0 Å². The van der Waals surface area contributed by atoms with Crippen LogP contribution in [0.2, 0.25) is 0 Å². The lowest BCUT2D eigenvalue weighted by molar-refractivity contribution is 0.0951. The monoisotopic (exact) mass is 390 g/mol. The van der Waals surface area contributed by atoms with E-state index in [1.54, 1.807) is 6.20 Å². The average molecular weight is 390 g/mol. The summed E-state index contributed by atoms with van der Waals surface area (Å²) in [5, 5.41) is 6.39. The van der Waals surface area contributed by atoms with Gasteiger partial charge in [0.2, 0.25) is 5.89 Å². The van der Waals surface area contributed by atoms with Crippen molar-refractivity contribution in [1.29, 1.82) is 0 Å². The van der Waals surface area contributed by atoms with E-state index in [1.807, 2.05) is 54.6 Å². The van der Waals surface area contributed by atoms with Crippen LogP contribution >= 0.6 is 0 Å². The summed E-state index contributed by atoms with van der Waals surface area (Å²) in [6.45, 7) is 5.89. The molecule has 1 amide bonds. The van der Waals surface area contributed by atoms with Gasteiger partial charge in [0.05, 0.1) is 11.8 Å². The Kier molecular flexibility index (Phi) is 6.34. The van der Waals surface area contributed by atoms with Gasteiger partial charge < -0.3 is 20.0 Å². The molecule has 29 heavy (non-hydrogen) atoms. The van der Waals surface area contributed by atoms with Crippen LogP contribution in [0.15, 0.2) is 65.2 Å². The van der Waals surface area contributed by atoms with Gasteiger partial charge >= 0.3 is 0 Å².